The molecule has 2 aliphatic rings. The van der Waals surface area contributed by atoms with E-state index >= 15 is 0 Å². The Hall–Kier alpha value is -2.07. The maximum Gasteiger partial charge on any atom is 0.128 e. The van der Waals surface area contributed by atoms with Gasteiger partial charge in [-0.05, 0) is 69.0 Å². The van der Waals surface area contributed by atoms with Crippen molar-refractivity contribution in [2.75, 3.05) is 24.5 Å². The van der Waals surface area contributed by atoms with Crippen molar-refractivity contribution < 1.29 is 5.11 Å². The molecule has 0 bridgehead atoms. The number of likely N-dealkylation sites (tertiary alicyclic amines) is 1. The van der Waals surface area contributed by atoms with E-state index in [2.05, 4.69) is 41.0 Å². The van der Waals surface area contributed by atoms with Gasteiger partial charge < -0.3 is 10.0 Å². The third-order valence-corrected chi connectivity index (χ3v) is 5.92. The molecular weight excluding hydrogens is 310 g/mol. The third-order valence-electron chi connectivity index (χ3n) is 5.92. The van der Waals surface area contributed by atoms with Gasteiger partial charge in [0.25, 0.3) is 0 Å². The fraction of sp³-hybridized carbons (Fsp3) is 0.476. The second kappa shape index (κ2) is 6.68. The minimum Gasteiger partial charge on any atom is -0.508 e. The number of nitrogens with zero attached hydrogens (tertiary/aromatic N) is 3. The molecule has 0 amide bonds. The quantitative estimate of drug-likeness (QED) is 0.926. The molecule has 4 rings (SSSR count). The van der Waals surface area contributed by atoms with Crippen LogP contribution >= 0.6 is 0 Å². The monoisotopic (exact) mass is 337 g/mol. The Balaban J connectivity index is 1.45. The number of aryl methyl sites for hydroxylation is 1. The lowest BCUT2D eigenvalue weighted by Crippen LogP contribution is -2.52. The summed E-state index contributed by atoms with van der Waals surface area (Å²) in [6, 6.07) is 14.0. The summed E-state index contributed by atoms with van der Waals surface area (Å²) in [5.41, 5.74) is 2.62. The first-order valence-electron chi connectivity index (χ1n) is 9.36. The minimum absolute atomic E-state index is 0.325. The Labute approximate surface area is 150 Å². The highest BCUT2D eigenvalue weighted by Gasteiger charge is 2.43. The molecule has 1 N–H and O–H groups in total. The number of anilines is 1. The van der Waals surface area contributed by atoms with E-state index in [1.807, 2.05) is 12.1 Å². The van der Waals surface area contributed by atoms with Crippen molar-refractivity contribution in [2.45, 2.75) is 44.7 Å². The molecule has 4 heteroatoms. The van der Waals surface area contributed by atoms with E-state index in [1.165, 1.54) is 37.8 Å². The van der Waals surface area contributed by atoms with Crippen LogP contribution in [0.1, 0.15) is 36.9 Å². The molecule has 132 valence electrons. The topological polar surface area (TPSA) is 39.6 Å². The van der Waals surface area contributed by atoms with E-state index in [1.54, 1.807) is 6.07 Å². The molecule has 0 atom stereocenters. The van der Waals surface area contributed by atoms with Gasteiger partial charge in [0.2, 0.25) is 0 Å². The van der Waals surface area contributed by atoms with Crippen molar-refractivity contribution in [3.8, 4) is 5.75 Å². The highest BCUT2D eigenvalue weighted by molar-refractivity contribution is 5.40. The number of hydrogen-bond acceptors (Lipinski definition) is 4. The Morgan fingerprint density at radius 2 is 1.84 bits per heavy atom. The number of hydrogen-bond donors (Lipinski definition) is 1. The van der Waals surface area contributed by atoms with Gasteiger partial charge in [-0.2, -0.15) is 0 Å². The Kier molecular flexibility index (Phi) is 4.38. The first-order chi connectivity index (χ1) is 12.1. The van der Waals surface area contributed by atoms with Crippen molar-refractivity contribution >= 4 is 5.82 Å². The van der Waals surface area contributed by atoms with Crippen LogP contribution in [0, 0.1) is 6.92 Å². The third kappa shape index (κ3) is 3.36. The number of phenolic OH excluding ortho intramolecular Hbond substituents is 1. The predicted molar refractivity (Wildman–Crippen MR) is 101 cm³/mol. The zero-order chi connectivity index (χ0) is 17.3. The fourth-order valence-electron chi connectivity index (χ4n) is 4.54. The van der Waals surface area contributed by atoms with E-state index in [0.717, 1.165) is 31.1 Å². The number of aromatic nitrogens is 1. The lowest BCUT2D eigenvalue weighted by molar-refractivity contribution is 0.0996. The molecule has 2 saturated heterocycles. The van der Waals surface area contributed by atoms with Crippen molar-refractivity contribution in [1.29, 1.82) is 0 Å². The maximum absolute atomic E-state index is 9.74. The highest BCUT2D eigenvalue weighted by atomic mass is 16.3. The van der Waals surface area contributed by atoms with Gasteiger partial charge in [-0.3, -0.25) is 4.90 Å². The van der Waals surface area contributed by atoms with E-state index in [9.17, 15) is 5.11 Å². The number of piperidine rings is 1. The van der Waals surface area contributed by atoms with Crippen molar-refractivity contribution in [3.05, 3.63) is 53.7 Å². The lowest BCUT2D eigenvalue weighted by Gasteiger charge is -2.45. The molecule has 0 radical (unpaired) electrons. The summed E-state index contributed by atoms with van der Waals surface area (Å²) in [5, 5.41) is 9.74. The maximum atomic E-state index is 9.74. The van der Waals surface area contributed by atoms with Gasteiger partial charge in [-0.25, -0.2) is 4.98 Å². The number of benzene rings is 1. The molecule has 1 aromatic carbocycles. The number of rotatable bonds is 3. The first kappa shape index (κ1) is 16.4. The van der Waals surface area contributed by atoms with Crippen LogP contribution in [0.3, 0.4) is 0 Å². The molecule has 4 nitrogen and oxygen atoms in total. The molecule has 1 aromatic heterocycles. The van der Waals surface area contributed by atoms with E-state index in [0.29, 0.717) is 11.3 Å². The second-order valence-corrected chi connectivity index (χ2v) is 7.54. The summed E-state index contributed by atoms with van der Waals surface area (Å²) >= 11 is 0. The van der Waals surface area contributed by atoms with E-state index in [-0.39, 0.29) is 0 Å². The number of aromatic hydroxyl groups is 1. The summed E-state index contributed by atoms with van der Waals surface area (Å²) in [4.78, 5) is 9.78. The summed E-state index contributed by atoms with van der Waals surface area (Å²) in [7, 11) is 0. The lowest BCUT2D eigenvalue weighted by atomic mass is 9.84. The van der Waals surface area contributed by atoms with Crippen LogP contribution in [0.25, 0.3) is 0 Å². The van der Waals surface area contributed by atoms with Crippen LogP contribution in [-0.2, 0) is 6.54 Å². The van der Waals surface area contributed by atoms with Crippen LogP contribution in [0.2, 0.25) is 0 Å². The molecular formula is C21H27N3O. The number of phenols is 1. The van der Waals surface area contributed by atoms with Crippen molar-refractivity contribution in [1.82, 2.24) is 9.88 Å². The molecule has 0 unspecified atom stereocenters. The van der Waals surface area contributed by atoms with Gasteiger partial charge in [0.05, 0.1) is 0 Å². The largest absolute Gasteiger partial charge is 0.508 e. The smallest absolute Gasteiger partial charge is 0.128 e. The van der Waals surface area contributed by atoms with Crippen LogP contribution in [0.4, 0.5) is 5.82 Å². The van der Waals surface area contributed by atoms with E-state index < -0.39 is 0 Å². The Morgan fingerprint density at radius 3 is 2.60 bits per heavy atom. The normalized spacial score (nSPS) is 20.3. The van der Waals surface area contributed by atoms with Crippen LogP contribution in [0.5, 0.6) is 5.75 Å². The van der Waals surface area contributed by atoms with Gasteiger partial charge in [-0.1, -0.05) is 18.2 Å². The summed E-state index contributed by atoms with van der Waals surface area (Å²) < 4.78 is 0. The van der Waals surface area contributed by atoms with Gasteiger partial charge in [0.15, 0.2) is 0 Å². The van der Waals surface area contributed by atoms with E-state index in [4.69, 9.17) is 4.98 Å². The van der Waals surface area contributed by atoms with Crippen molar-refractivity contribution in [2.24, 2.45) is 0 Å². The number of pyridine rings is 1. The molecule has 25 heavy (non-hydrogen) atoms. The van der Waals surface area contributed by atoms with Gasteiger partial charge in [0, 0.05) is 30.9 Å². The summed E-state index contributed by atoms with van der Waals surface area (Å²) in [6.45, 7) is 6.32. The van der Waals surface area contributed by atoms with Gasteiger partial charge >= 0.3 is 0 Å². The minimum atomic E-state index is 0.325. The Morgan fingerprint density at radius 1 is 1.04 bits per heavy atom. The molecule has 0 saturated carbocycles. The zero-order valence-electron chi connectivity index (χ0n) is 15.0. The van der Waals surface area contributed by atoms with Gasteiger partial charge in [-0.15, -0.1) is 0 Å². The standard InChI is InChI=1S/C21H27N3O/c1-17-5-2-8-20(22-17)23-13-10-21(11-14-23)9-4-12-24(21)16-18-6-3-7-19(25)15-18/h2-3,5-8,15,25H,4,9-14,16H2,1H3. The summed E-state index contributed by atoms with van der Waals surface area (Å²) in [5.74, 6) is 1.48. The molecule has 2 fully saturated rings. The molecule has 1 spiro atoms. The highest BCUT2D eigenvalue weighted by Crippen LogP contribution is 2.40. The molecule has 2 aliphatic heterocycles. The average molecular weight is 337 g/mol. The van der Waals surface area contributed by atoms with Crippen LogP contribution < -0.4 is 4.90 Å². The van der Waals surface area contributed by atoms with Gasteiger partial charge in [0.1, 0.15) is 11.6 Å². The van der Waals surface area contributed by atoms with Crippen molar-refractivity contribution in [3.63, 3.8) is 0 Å². The second-order valence-electron chi connectivity index (χ2n) is 7.54. The fourth-order valence-corrected chi connectivity index (χ4v) is 4.54. The molecule has 2 aromatic rings. The Bertz CT molecular complexity index is 737. The first-order valence-corrected chi connectivity index (χ1v) is 9.36. The summed E-state index contributed by atoms with van der Waals surface area (Å²) in [6.07, 6.45) is 4.96. The van der Waals surface area contributed by atoms with Crippen LogP contribution in [0.15, 0.2) is 42.5 Å². The average Bonchev–Trinajstić information content (AvgIpc) is 2.98. The zero-order valence-corrected chi connectivity index (χ0v) is 15.0. The SMILES string of the molecule is Cc1cccc(N2CCC3(CCCN3Cc3cccc(O)c3)CC2)n1. The molecule has 0 aliphatic carbocycles. The molecule has 3 heterocycles. The predicted octanol–water partition coefficient (Wildman–Crippen LogP) is 3.73. The van der Waals surface area contributed by atoms with Crippen LogP contribution in [-0.4, -0.2) is 40.2 Å².